The van der Waals surface area contributed by atoms with Gasteiger partial charge in [0.05, 0.1) is 18.2 Å². The number of nitrogens with zero attached hydrogens (tertiary/aromatic N) is 3. The average Bonchev–Trinajstić information content (AvgIpc) is 2.56. The summed E-state index contributed by atoms with van der Waals surface area (Å²) in [4.78, 5) is 1.19. The molecule has 4 heteroatoms. The van der Waals surface area contributed by atoms with E-state index in [1.165, 1.54) is 24.2 Å². The highest BCUT2D eigenvalue weighted by molar-refractivity contribution is 8.00. The van der Waals surface area contributed by atoms with Gasteiger partial charge in [-0.15, -0.1) is 11.8 Å². The summed E-state index contributed by atoms with van der Waals surface area (Å²) >= 11 is 1.83. The molecule has 0 aromatic carbocycles. The zero-order valence-corrected chi connectivity index (χ0v) is 10.4. The van der Waals surface area contributed by atoms with Crippen LogP contribution < -0.4 is 0 Å². The van der Waals surface area contributed by atoms with Crippen LogP contribution in [0.5, 0.6) is 0 Å². The molecule has 1 fully saturated rings. The van der Waals surface area contributed by atoms with Gasteiger partial charge >= 0.3 is 0 Å². The van der Waals surface area contributed by atoms with Gasteiger partial charge in [-0.25, -0.2) is 0 Å². The van der Waals surface area contributed by atoms with Crippen LogP contribution in [-0.4, -0.2) is 15.0 Å². The molecule has 2 atom stereocenters. The van der Waals surface area contributed by atoms with E-state index in [4.69, 9.17) is 0 Å². The lowest BCUT2D eigenvalue weighted by Gasteiger charge is -2.17. The second-order valence-corrected chi connectivity index (χ2v) is 5.69. The first kappa shape index (κ1) is 11.5. The molecule has 0 N–H and O–H groups in total. The predicted octanol–water partition coefficient (Wildman–Crippen LogP) is 2.98. The molecular formula is C12H17N3S. The molecule has 0 bridgehead atoms. The Morgan fingerprint density at radius 3 is 2.94 bits per heavy atom. The first-order valence-corrected chi connectivity index (χ1v) is 6.72. The van der Waals surface area contributed by atoms with Crippen molar-refractivity contribution >= 4 is 11.8 Å². The van der Waals surface area contributed by atoms with E-state index in [2.05, 4.69) is 11.2 Å². The Kier molecular flexibility index (Phi) is 3.89. The third kappa shape index (κ3) is 2.79. The van der Waals surface area contributed by atoms with Crippen molar-refractivity contribution in [1.29, 1.82) is 5.26 Å². The fourth-order valence-corrected chi connectivity index (χ4v) is 3.51. The van der Waals surface area contributed by atoms with E-state index in [-0.39, 0.29) is 5.92 Å². The summed E-state index contributed by atoms with van der Waals surface area (Å²) in [6.07, 6.45) is 9.90. The van der Waals surface area contributed by atoms with Crippen molar-refractivity contribution < 1.29 is 0 Å². The Hall–Kier alpha value is -0.950. The molecule has 1 aliphatic carbocycles. The molecule has 1 aliphatic rings. The van der Waals surface area contributed by atoms with E-state index in [0.29, 0.717) is 5.25 Å². The van der Waals surface area contributed by atoms with Crippen molar-refractivity contribution in [3.8, 4) is 6.07 Å². The number of thioether (sulfide) groups is 1. The fraction of sp³-hybridized carbons (Fsp3) is 0.667. The Balaban J connectivity index is 2.03. The monoisotopic (exact) mass is 235 g/mol. The standard InChI is InChI=1S/C12H17N3S/c1-15-9-11(8-14-15)16-12-6-4-2-3-5-10(12)7-13/h8-10,12H,2-6H2,1H3. The van der Waals surface area contributed by atoms with Gasteiger partial charge in [-0.2, -0.15) is 10.4 Å². The van der Waals surface area contributed by atoms with E-state index in [1.54, 1.807) is 0 Å². The summed E-state index contributed by atoms with van der Waals surface area (Å²) < 4.78 is 1.82. The maximum Gasteiger partial charge on any atom is 0.0667 e. The fourth-order valence-electron chi connectivity index (χ4n) is 2.20. The van der Waals surface area contributed by atoms with E-state index in [1.807, 2.05) is 35.9 Å². The normalized spacial score (nSPS) is 26.0. The minimum absolute atomic E-state index is 0.215. The summed E-state index contributed by atoms with van der Waals surface area (Å²) in [6, 6.07) is 2.47. The SMILES string of the molecule is Cn1cc(SC2CCCCCC2C#N)cn1. The van der Waals surface area contributed by atoms with E-state index in [0.717, 1.165) is 12.8 Å². The van der Waals surface area contributed by atoms with Gasteiger partial charge in [0.25, 0.3) is 0 Å². The quantitative estimate of drug-likeness (QED) is 0.740. The van der Waals surface area contributed by atoms with E-state index >= 15 is 0 Å². The van der Waals surface area contributed by atoms with E-state index in [9.17, 15) is 5.26 Å². The minimum Gasteiger partial charge on any atom is -0.275 e. The lowest BCUT2D eigenvalue weighted by Crippen LogP contribution is -2.13. The van der Waals surface area contributed by atoms with Gasteiger partial charge in [0.1, 0.15) is 0 Å². The highest BCUT2D eigenvalue weighted by Crippen LogP contribution is 2.35. The molecule has 0 spiro atoms. The maximum atomic E-state index is 9.19. The van der Waals surface area contributed by atoms with Gasteiger partial charge in [0.15, 0.2) is 0 Å². The van der Waals surface area contributed by atoms with Crippen LogP contribution in [0.3, 0.4) is 0 Å². The highest BCUT2D eigenvalue weighted by atomic mass is 32.2. The molecule has 0 radical (unpaired) electrons. The number of nitriles is 1. The Morgan fingerprint density at radius 2 is 2.25 bits per heavy atom. The van der Waals surface area contributed by atoms with Gasteiger partial charge < -0.3 is 0 Å². The summed E-state index contributed by atoms with van der Waals surface area (Å²) in [5, 5.41) is 13.8. The molecule has 1 aromatic heterocycles. The third-order valence-electron chi connectivity index (χ3n) is 3.09. The largest absolute Gasteiger partial charge is 0.275 e. The molecule has 86 valence electrons. The highest BCUT2D eigenvalue weighted by Gasteiger charge is 2.24. The average molecular weight is 235 g/mol. The molecule has 0 amide bonds. The van der Waals surface area contributed by atoms with Crippen molar-refractivity contribution in [1.82, 2.24) is 9.78 Å². The van der Waals surface area contributed by atoms with Crippen LogP contribution in [-0.2, 0) is 7.05 Å². The molecule has 1 saturated carbocycles. The number of rotatable bonds is 2. The number of hydrogen-bond acceptors (Lipinski definition) is 3. The lowest BCUT2D eigenvalue weighted by molar-refractivity contribution is 0.585. The molecule has 2 rings (SSSR count). The summed E-state index contributed by atoms with van der Waals surface area (Å²) in [5.41, 5.74) is 0. The number of aromatic nitrogens is 2. The van der Waals surface area contributed by atoms with E-state index < -0.39 is 0 Å². The van der Waals surface area contributed by atoms with Crippen LogP contribution in [0.15, 0.2) is 17.3 Å². The van der Waals surface area contributed by atoms with Crippen LogP contribution in [0.1, 0.15) is 32.1 Å². The molecule has 1 heterocycles. The van der Waals surface area contributed by atoms with Crippen molar-refractivity contribution in [3.63, 3.8) is 0 Å². The third-order valence-corrected chi connectivity index (χ3v) is 4.44. The molecule has 3 nitrogen and oxygen atoms in total. The molecule has 0 saturated heterocycles. The first-order chi connectivity index (χ1) is 7.79. The van der Waals surface area contributed by atoms with Gasteiger partial charge in [-0.3, -0.25) is 4.68 Å². The summed E-state index contributed by atoms with van der Waals surface area (Å²) in [6.45, 7) is 0. The van der Waals surface area contributed by atoms with Crippen molar-refractivity contribution in [3.05, 3.63) is 12.4 Å². The molecule has 2 unspecified atom stereocenters. The van der Waals surface area contributed by atoms with Crippen LogP contribution in [0.4, 0.5) is 0 Å². The van der Waals surface area contributed by atoms with Crippen molar-refractivity contribution in [2.75, 3.05) is 0 Å². The van der Waals surface area contributed by atoms with Gasteiger partial charge in [-0.1, -0.05) is 19.3 Å². The summed E-state index contributed by atoms with van der Waals surface area (Å²) in [7, 11) is 1.93. The maximum absolute atomic E-state index is 9.19. The molecular weight excluding hydrogens is 218 g/mol. The van der Waals surface area contributed by atoms with Crippen molar-refractivity contribution in [2.24, 2.45) is 13.0 Å². The Labute approximate surface area is 101 Å². The second-order valence-electron chi connectivity index (χ2n) is 4.38. The van der Waals surface area contributed by atoms with Crippen LogP contribution in [0.2, 0.25) is 0 Å². The Morgan fingerprint density at radius 1 is 1.44 bits per heavy atom. The zero-order valence-electron chi connectivity index (χ0n) is 9.59. The lowest BCUT2D eigenvalue weighted by atomic mass is 10.0. The van der Waals surface area contributed by atoms with Crippen molar-refractivity contribution in [2.45, 2.75) is 42.2 Å². The van der Waals surface area contributed by atoms with Gasteiger partial charge in [0.2, 0.25) is 0 Å². The smallest absolute Gasteiger partial charge is 0.0667 e. The first-order valence-electron chi connectivity index (χ1n) is 5.84. The van der Waals surface area contributed by atoms with Gasteiger partial charge in [0, 0.05) is 23.4 Å². The number of hydrogen-bond donors (Lipinski definition) is 0. The van der Waals surface area contributed by atoms with Crippen LogP contribution in [0.25, 0.3) is 0 Å². The molecule has 16 heavy (non-hydrogen) atoms. The summed E-state index contributed by atoms with van der Waals surface area (Å²) in [5.74, 6) is 0.215. The minimum atomic E-state index is 0.215. The zero-order chi connectivity index (χ0) is 11.4. The predicted molar refractivity (Wildman–Crippen MR) is 65.0 cm³/mol. The van der Waals surface area contributed by atoms with Crippen LogP contribution in [0, 0.1) is 17.2 Å². The topological polar surface area (TPSA) is 41.6 Å². The van der Waals surface area contributed by atoms with Gasteiger partial charge in [-0.05, 0) is 12.8 Å². The van der Waals surface area contributed by atoms with Crippen LogP contribution >= 0.6 is 11.8 Å². The molecule has 0 aliphatic heterocycles. The number of aryl methyl sites for hydroxylation is 1. The second kappa shape index (κ2) is 5.40. The molecule has 1 aromatic rings. The Bertz CT molecular complexity index is 380.